The van der Waals surface area contributed by atoms with Gasteiger partial charge in [-0.3, -0.25) is 0 Å². The minimum absolute atomic E-state index is 0.495. The summed E-state index contributed by atoms with van der Waals surface area (Å²) in [6.07, 6.45) is 0.703. The SMILES string of the molecule is CN(C)CCOc1ccc(/C(=C(/CCCl)c2ccc(OCc3ccccc3)cc2)c2ccc(OCc3ccccc3)cc2)cc1. The lowest BCUT2D eigenvalue weighted by Gasteiger charge is -2.18. The molecule has 0 spiro atoms. The molecular weight excluding hydrogens is 578 g/mol. The Balaban J connectivity index is 1.44. The lowest BCUT2D eigenvalue weighted by atomic mass is 9.88. The van der Waals surface area contributed by atoms with Crippen LogP contribution in [0.1, 0.15) is 34.2 Å². The molecular formula is C40H40ClNO3. The van der Waals surface area contributed by atoms with E-state index < -0.39 is 0 Å². The lowest BCUT2D eigenvalue weighted by molar-refractivity contribution is 0.261. The molecule has 0 unspecified atom stereocenters. The van der Waals surface area contributed by atoms with E-state index in [0.717, 1.165) is 57.2 Å². The number of hydrogen-bond acceptors (Lipinski definition) is 4. The summed E-state index contributed by atoms with van der Waals surface area (Å²) in [4.78, 5) is 2.11. The van der Waals surface area contributed by atoms with Gasteiger partial charge in [-0.15, -0.1) is 11.6 Å². The van der Waals surface area contributed by atoms with Crippen LogP contribution in [0.3, 0.4) is 0 Å². The van der Waals surface area contributed by atoms with Gasteiger partial charge in [0.25, 0.3) is 0 Å². The molecule has 0 aliphatic heterocycles. The highest BCUT2D eigenvalue weighted by atomic mass is 35.5. The molecule has 0 aliphatic carbocycles. The van der Waals surface area contributed by atoms with Gasteiger partial charge < -0.3 is 19.1 Å². The summed E-state index contributed by atoms with van der Waals surface area (Å²) >= 11 is 6.44. The molecule has 5 aromatic carbocycles. The molecule has 45 heavy (non-hydrogen) atoms. The third-order valence-electron chi connectivity index (χ3n) is 7.44. The highest BCUT2D eigenvalue weighted by Gasteiger charge is 2.15. The second kappa shape index (κ2) is 16.5. The number of rotatable bonds is 15. The van der Waals surface area contributed by atoms with Gasteiger partial charge in [-0.05, 0) is 95.9 Å². The van der Waals surface area contributed by atoms with Crippen molar-refractivity contribution in [1.29, 1.82) is 0 Å². The standard InChI is InChI=1S/C40H40ClNO3/c1-42(2)27-28-43-36-21-15-34(16-22-36)40(35-17-23-38(24-18-35)45-30-32-11-7-4-8-12-32)39(25-26-41)33-13-19-37(20-14-33)44-29-31-9-5-3-6-10-31/h3-24H,25-30H2,1-2H3/b40-39+. The van der Waals surface area contributed by atoms with E-state index in [1.54, 1.807) is 0 Å². The number of likely N-dealkylation sites (N-methyl/N-ethyl adjacent to an activating group) is 1. The van der Waals surface area contributed by atoms with E-state index in [0.29, 0.717) is 32.1 Å². The summed E-state index contributed by atoms with van der Waals surface area (Å²) < 4.78 is 18.2. The molecule has 0 saturated carbocycles. The van der Waals surface area contributed by atoms with Crippen molar-refractivity contribution in [2.24, 2.45) is 0 Å². The fraction of sp³-hybridized carbons (Fsp3) is 0.200. The molecule has 0 heterocycles. The highest BCUT2D eigenvalue weighted by molar-refractivity contribution is 6.18. The number of benzene rings is 5. The van der Waals surface area contributed by atoms with Crippen LogP contribution in [0.25, 0.3) is 11.1 Å². The molecule has 5 heteroatoms. The summed E-state index contributed by atoms with van der Waals surface area (Å²) in [5.41, 5.74) is 7.85. The minimum Gasteiger partial charge on any atom is -0.492 e. The van der Waals surface area contributed by atoms with E-state index in [4.69, 9.17) is 25.8 Å². The van der Waals surface area contributed by atoms with Gasteiger partial charge in [-0.2, -0.15) is 0 Å². The van der Waals surface area contributed by atoms with Crippen molar-refractivity contribution in [1.82, 2.24) is 4.90 Å². The van der Waals surface area contributed by atoms with E-state index in [1.807, 2.05) is 86.9 Å². The Labute approximate surface area is 272 Å². The van der Waals surface area contributed by atoms with Crippen LogP contribution in [0.2, 0.25) is 0 Å². The number of halogens is 1. The van der Waals surface area contributed by atoms with Crippen molar-refractivity contribution in [3.8, 4) is 17.2 Å². The van der Waals surface area contributed by atoms with Gasteiger partial charge >= 0.3 is 0 Å². The van der Waals surface area contributed by atoms with Crippen molar-refractivity contribution in [3.63, 3.8) is 0 Å². The van der Waals surface area contributed by atoms with Crippen molar-refractivity contribution >= 4 is 22.7 Å². The zero-order valence-corrected chi connectivity index (χ0v) is 26.8. The molecule has 4 nitrogen and oxygen atoms in total. The van der Waals surface area contributed by atoms with Crippen molar-refractivity contribution in [2.75, 3.05) is 33.1 Å². The maximum Gasteiger partial charge on any atom is 0.119 e. The number of alkyl halides is 1. The van der Waals surface area contributed by atoms with Gasteiger partial charge in [-0.1, -0.05) is 97.1 Å². The van der Waals surface area contributed by atoms with Gasteiger partial charge in [0.15, 0.2) is 0 Å². The molecule has 0 N–H and O–H groups in total. The van der Waals surface area contributed by atoms with E-state index in [1.165, 1.54) is 5.57 Å². The Morgan fingerprint density at radius 2 is 0.956 bits per heavy atom. The number of ether oxygens (including phenoxy) is 3. The van der Waals surface area contributed by atoms with Gasteiger partial charge in [0.2, 0.25) is 0 Å². The van der Waals surface area contributed by atoms with Gasteiger partial charge in [0, 0.05) is 12.4 Å². The maximum atomic E-state index is 6.44. The predicted octanol–water partition coefficient (Wildman–Crippen LogP) is 9.37. The number of hydrogen-bond donors (Lipinski definition) is 0. The molecule has 0 atom stereocenters. The van der Waals surface area contributed by atoms with Gasteiger partial charge in [0.05, 0.1) is 0 Å². The Morgan fingerprint density at radius 1 is 0.533 bits per heavy atom. The monoisotopic (exact) mass is 617 g/mol. The van der Waals surface area contributed by atoms with Crippen LogP contribution in [-0.4, -0.2) is 38.0 Å². The maximum absolute atomic E-state index is 6.44. The van der Waals surface area contributed by atoms with Crippen LogP contribution in [0.15, 0.2) is 133 Å². The molecule has 230 valence electrons. The summed E-state index contributed by atoms with van der Waals surface area (Å²) in [5, 5.41) is 0. The Morgan fingerprint density at radius 3 is 1.38 bits per heavy atom. The summed E-state index contributed by atoms with van der Waals surface area (Å²) in [6.45, 7) is 2.54. The van der Waals surface area contributed by atoms with E-state index >= 15 is 0 Å². The van der Waals surface area contributed by atoms with Crippen molar-refractivity contribution < 1.29 is 14.2 Å². The van der Waals surface area contributed by atoms with Crippen LogP contribution in [0, 0.1) is 0 Å². The second-order valence-corrected chi connectivity index (χ2v) is 11.4. The Hall–Kier alpha value is -4.51. The number of allylic oxidation sites excluding steroid dienone is 1. The first-order chi connectivity index (χ1) is 22.1. The van der Waals surface area contributed by atoms with Crippen LogP contribution >= 0.6 is 11.6 Å². The third-order valence-corrected chi connectivity index (χ3v) is 7.63. The van der Waals surface area contributed by atoms with Gasteiger partial charge in [-0.25, -0.2) is 0 Å². The summed E-state index contributed by atoms with van der Waals surface area (Å²) in [5.74, 6) is 3.00. The van der Waals surface area contributed by atoms with E-state index in [-0.39, 0.29) is 0 Å². The lowest BCUT2D eigenvalue weighted by Crippen LogP contribution is -2.19. The first-order valence-corrected chi connectivity index (χ1v) is 15.8. The molecule has 0 amide bonds. The molecule has 0 aromatic heterocycles. The minimum atomic E-state index is 0.495. The largest absolute Gasteiger partial charge is 0.492 e. The van der Waals surface area contributed by atoms with E-state index in [9.17, 15) is 0 Å². The van der Waals surface area contributed by atoms with Crippen LogP contribution in [0.5, 0.6) is 17.2 Å². The highest BCUT2D eigenvalue weighted by Crippen LogP contribution is 2.36. The average Bonchev–Trinajstić information content (AvgIpc) is 3.08. The number of nitrogens with zero attached hydrogens (tertiary/aromatic N) is 1. The molecule has 5 rings (SSSR count). The molecule has 0 bridgehead atoms. The zero-order chi connectivity index (χ0) is 31.3. The quantitative estimate of drug-likeness (QED) is 0.0865. The van der Waals surface area contributed by atoms with Gasteiger partial charge in [0.1, 0.15) is 37.1 Å². The Kier molecular flexibility index (Phi) is 11.7. The summed E-state index contributed by atoms with van der Waals surface area (Å²) in [6, 6.07) is 45.4. The first kappa shape index (κ1) is 31.9. The zero-order valence-electron chi connectivity index (χ0n) is 26.0. The smallest absolute Gasteiger partial charge is 0.119 e. The molecule has 0 aliphatic rings. The topological polar surface area (TPSA) is 30.9 Å². The predicted molar refractivity (Wildman–Crippen MR) is 186 cm³/mol. The fourth-order valence-corrected chi connectivity index (χ4v) is 5.23. The first-order valence-electron chi connectivity index (χ1n) is 15.3. The normalized spacial score (nSPS) is 11.6. The molecule has 0 fully saturated rings. The van der Waals surface area contributed by atoms with Crippen molar-refractivity contribution in [3.05, 3.63) is 161 Å². The summed E-state index contributed by atoms with van der Waals surface area (Å²) in [7, 11) is 4.09. The molecule has 0 saturated heterocycles. The Bertz CT molecular complexity index is 1620. The third kappa shape index (κ3) is 9.49. The fourth-order valence-electron chi connectivity index (χ4n) is 5.04. The van der Waals surface area contributed by atoms with Crippen molar-refractivity contribution in [2.45, 2.75) is 19.6 Å². The van der Waals surface area contributed by atoms with E-state index in [2.05, 4.69) is 65.6 Å². The second-order valence-electron chi connectivity index (χ2n) is 11.1. The van der Waals surface area contributed by atoms with Crippen LogP contribution < -0.4 is 14.2 Å². The van der Waals surface area contributed by atoms with Crippen LogP contribution in [-0.2, 0) is 13.2 Å². The molecule has 0 radical (unpaired) electrons. The molecule has 5 aromatic rings. The average molecular weight is 618 g/mol. The van der Waals surface area contributed by atoms with Crippen LogP contribution in [0.4, 0.5) is 0 Å².